The van der Waals surface area contributed by atoms with Gasteiger partial charge in [0, 0.05) is 6.42 Å². The van der Waals surface area contributed by atoms with Crippen molar-refractivity contribution in [3.63, 3.8) is 0 Å². The lowest BCUT2D eigenvalue weighted by Gasteiger charge is -2.18. The van der Waals surface area contributed by atoms with Crippen LogP contribution >= 0.6 is 0 Å². The Morgan fingerprint density at radius 1 is 1.26 bits per heavy atom. The first-order chi connectivity index (χ1) is 8.99. The van der Waals surface area contributed by atoms with Gasteiger partial charge in [-0.3, -0.25) is 4.79 Å². The molecule has 0 radical (unpaired) electrons. The Morgan fingerprint density at radius 2 is 1.89 bits per heavy atom. The zero-order chi connectivity index (χ0) is 14.4. The van der Waals surface area contributed by atoms with E-state index in [1.807, 2.05) is 0 Å². The average Bonchev–Trinajstić information content (AvgIpc) is 2.65. The summed E-state index contributed by atoms with van der Waals surface area (Å²) < 4.78 is 4.60. The molecule has 19 heavy (non-hydrogen) atoms. The van der Waals surface area contributed by atoms with Gasteiger partial charge in [-0.25, -0.2) is 4.79 Å². The standard InChI is InChI=1S/C13H22O6/c1-2-3-4-5-6-7-8(14)9(15)12-10(16)11(17)13(18)19-12/h9-12,15-17H,2-7H2,1H3/t9-,10+,11-,12+/m0/s1. The van der Waals surface area contributed by atoms with Gasteiger partial charge in [0.1, 0.15) is 6.10 Å². The van der Waals surface area contributed by atoms with Crippen molar-refractivity contribution in [2.45, 2.75) is 69.9 Å². The van der Waals surface area contributed by atoms with E-state index in [1.54, 1.807) is 0 Å². The summed E-state index contributed by atoms with van der Waals surface area (Å²) in [4.78, 5) is 22.7. The maximum Gasteiger partial charge on any atom is 0.338 e. The molecule has 110 valence electrons. The number of ether oxygens (including phenoxy) is 1. The van der Waals surface area contributed by atoms with E-state index in [2.05, 4.69) is 11.7 Å². The number of carbonyl (C=O) groups excluding carboxylic acids is 2. The van der Waals surface area contributed by atoms with E-state index in [0.717, 1.165) is 25.7 Å². The second kappa shape index (κ2) is 7.57. The largest absolute Gasteiger partial charge is 0.454 e. The van der Waals surface area contributed by atoms with Crippen molar-refractivity contribution in [2.24, 2.45) is 0 Å². The summed E-state index contributed by atoms with van der Waals surface area (Å²) in [7, 11) is 0. The quantitative estimate of drug-likeness (QED) is 0.422. The monoisotopic (exact) mass is 274 g/mol. The van der Waals surface area contributed by atoms with Gasteiger partial charge in [-0.15, -0.1) is 0 Å². The molecule has 1 heterocycles. The van der Waals surface area contributed by atoms with Crippen LogP contribution in [0, 0.1) is 0 Å². The van der Waals surface area contributed by atoms with E-state index in [0.29, 0.717) is 6.42 Å². The van der Waals surface area contributed by atoms with Crippen molar-refractivity contribution in [1.82, 2.24) is 0 Å². The Balaban J connectivity index is 2.34. The molecular weight excluding hydrogens is 252 g/mol. The third kappa shape index (κ3) is 4.26. The molecule has 1 fully saturated rings. The fraction of sp³-hybridized carbons (Fsp3) is 0.846. The number of Topliss-reactive ketones (excluding diaryl/α,β-unsaturated/α-hetero) is 1. The van der Waals surface area contributed by atoms with Crippen LogP contribution in [-0.4, -0.2) is 51.5 Å². The summed E-state index contributed by atoms with van der Waals surface area (Å²) >= 11 is 0. The van der Waals surface area contributed by atoms with Crippen LogP contribution in [-0.2, 0) is 14.3 Å². The Labute approximate surface area is 112 Å². The summed E-state index contributed by atoms with van der Waals surface area (Å²) in [6.45, 7) is 2.09. The van der Waals surface area contributed by atoms with Gasteiger partial charge in [-0.2, -0.15) is 0 Å². The minimum Gasteiger partial charge on any atom is -0.454 e. The van der Waals surface area contributed by atoms with Gasteiger partial charge in [-0.05, 0) is 6.42 Å². The van der Waals surface area contributed by atoms with E-state index >= 15 is 0 Å². The number of aliphatic hydroxyl groups is 3. The van der Waals surface area contributed by atoms with E-state index in [9.17, 15) is 24.9 Å². The van der Waals surface area contributed by atoms with Gasteiger partial charge in [-0.1, -0.05) is 32.6 Å². The predicted octanol–water partition coefficient (Wildman–Crippen LogP) is -0.0759. The maximum atomic E-state index is 11.7. The Kier molecular flexibility index (Phi) is 6.41. The first-order valence-corrected chi connectivity index (χ1v) is 6.76. The smallest absolute Gasteiger partial charge is 0.338 e. The molecule has 0 aromatic carbocycles. The number of carbonyl (C=O) groups is 2. The molecule has 1 rings (SSSR count). The highest BCUT2D eigenvalue weighted by molar-refractivity contribution is 5.85. The van der Waals surface area contributed by atoms with Crippen LogP contribution < -0.4 is 0 Å². The topological polar surface area (TPSA) is 104 Å². The molecule has 0 amide bonds. The molecule has 0 spiro atoms. The summed E-state index contributed by atoms with van der Waals surface area (Å²) in [5, 5.41) is 28.4. The number of ketones is 1. The lowest BCUT2D eigenvalue weighted by atomic mass is 9.99. The highest BCUT2D eigenvalue weighted by Gasteiger charge is 2.47. The predicted molar refractivity (Wildman–Crippen MR) is 66.3 cm³/mol. The Bertz CT molecular complexity index is 316. The molecule has 0 aromatic heterocycles. The fourth-order valence-corrected chi connectivity index (χ4v) is 2.08. The van der Waals surface area contributed by atoms with Crippen LogP contribution in [0.25, 0.3) is 0 Å². The number of aliphatic hydroxyl groups excluding tert-OH is 3. The summed E-state index contributed by atoms with van der Waals surface area (Å²) in [5.41, 5.74) is 0. The van der Waals surface area contributed by atoms with Crippen molar-refractivity contribution >= 4 is 11.8 Å². The molecule has 0 bridgehead atoms. The number of unbranched alkanes of at least 4 members (excludes halogenated alkanes) is 4. The van der Waals surface area contributed by atoms with Gasteiger partial charge in [0.15, 0.2) is 24.1 Å². The Morgan fingerprint density at radius 3 is 2.42 bits per heavy atom. The molecule has 1 aliphatic heterocycles. The van der Waals surface area contributed by atoms with E-state index in [1.165, 1.54) is 0 Å². The third-order valence-electron chi connectivity index (χ3n) is 3.32. The molecule has 6 nitrogen and oxygen atoms in total. The zero-order valence-corrected chi connectivity index (χ0v) is 11.1. The molecule has 1 aliphatic rings. The Hall–Kier alpha value is -0.980. The molecule has 0 saturated carbocycles. The van der Waals surface area contributed by atoms with Crippen molar-refractivity contribution < 1.29 is 29.6 Å². The molecule has 0 aliphatic carbocycles. The second-order valence-corrected chi connectivity index (χ2v) is 4.91. The fourth-order valence-electron chi connectivity index (χ4n) is 2.08. The summed E-state index contributed by atoms with van der Waals surface area (Å²) in [6.07, 6.45) is -1.14. The average molecular weight is 274 g/mol. The second-order valence-electron chi connectivity index (χ2n) is 4.91. The van der Waals surface area contributed by atoms with Crippen molar-refractivity contribution in [1.29, 1.82) is 0 Å². The lowest BCUT2D eigenvalue weighted by Crippen LogP contribution is -2.42. The molecule has 6 heteroatoms. The van der Waals surface area contributed by atoms with Crippen molar-refractivity contribution in [3.8, 4) is 0 Å². The zero-order valence-electron chi connectivity index (χ0n) is 11.1. The molecule has 3 N–H and O–H groups in total. The normalized spacial score (nSPS) is 28.2. The van der Waals surface area contributed by atoms with Crippen molar-refractivity contribution in [3.05, 3.63) is 0 Å². The number of cyclic esters (lactones) is 1. The number of hydrogen-bond donors (Lipinski definition) is 3. The maximum absolute atomic E-state index is 11.7. The van der Waals surface area contributed by atoms with Gasteiger partial charge in [0.25, 0.3) is 0 Å². The van der Waals surface area contributed by atoms with Crippen LogP contribution in [0.5, 0.6) is 0 Å². The van der Waals surface area contributed by atoms with E-state index < -0.39 is 36.2 Å². The van der Waals surface area contributed by atoms with Crippen LogP contribution in [0.4, 0.5) is 0 Å². The van der Waals surface area contributed by atoms with Crippen LogP contribution in [0.15, 0.2) is 0 Å². The molecule has 0 unspecified atom stereocenters. The third-order valence-corrected chi connectivity index (χ3v) is 3.32. The molecular formula is C13H22O6. The highest BCUT2D eigenvalue weighted by Crippen LogP contribution is 2.20. The van der Waals surface area contributed by atoms with Crippen LogP contribution in [0.2, 0.25) is 0 Å². The van der Waals surface area contributed by atoms with E-state index in [-0.39, 0.29) is 6.42 Å². The SMILES string of the molecule is CCCCCCCC(=O)[C@H](O)[C@H]1OC(=O)[C@@H](O)[C@H]1O. The first-order valence-electron chi connectivity index (χ1n) is 6.76. The van der Waals surface area contributed by atoms with Crippen LogP contribution in [0.3, 0.4) is 0 Å². The lowest BCUT2D eigenvalue weighted by molar-refractivity contribution is -0.153. The van der Waals surface area contributed by atoms with Gasteiger partial charge in [0.05, 0.1) is 0 Å². The number of hydrogen-bond acceptors (Lipinski definition) is 6. The summed E-state index contributed by atoms with van der Waals surface area (Å²) in [5.74, 6) is -1.48. The first kappa shape index (κ1) is 16.1. The number of esters is 1. The minimum atomic E-state index is -1.68. The molecule has 0 aromatic rings. The van der Waals surface area contributed by atoms with Gasteiger partial charge in [0.2, 0.25) is 0 Å². The van der Waals surface area contributed by atoms with Crippen molar-refractivity contribution in [2.75, 3.05) is 0 Å². The van der Waals surface area contributed by atoms with Gasteiger partial charge >= 0.3 is 5.97 Å². The number of rotatable bonds is 8. The van der Waals surface area contributed by atoms with Gasteiger partial charge < -0.3 is 20.1 Å². The molecule has 4 atom stereocenters. The summed E-state index contributed by atoms with van der Waals surface area (Å²) in [6, 6.07) is 0. The van der Waals surface area contributed by atoms with E-state index in [4.69, 9.17) is 0 Å². The minimum absolute atomic E-state index is 0.182. The molecule has 1 saturated heterocycles. The highest BCUT2D eigenvalue weighted by atomic mass is 16.6. The van der Waals surface area contributed by atoms with Crippen LogP contribution in [0.1, 0.15) is 45.4 Å².